The molecule has 0 atom stereocenters. The van der Waals surface area contributed by atoms with Gasteiger partial charge in [-0.05, 0) is 26.2 Å². The van der Waals surface area contributed by atoms with E-state index in [4.69, 9.17) is 10.5 Å². The largest absolute Gasteiger partial charge is 0.507 e. The van der Waals surface area contributed by atoms with E-state index in [9.17, 15) is 14.7 Å². The van der Waals surface area contributed by atoms with Gasteiger partial charge in [-0.15, -0.1) is 24.8 Å². The van der Waals surface area contributed by atoms with Gasteiger partial charge in [0, 0.05) is 29.8 Å². The van der Waals surface area contributed by atoms with Crippen LogP contribution in [0.1, 0.15) is 37.4 Å². The lowest BCUT2D eigenvalue weighted by molar-refractivity contribution is 0.0972. The lowest BCUT2D eigenvalue weighted by Gasteiger charge is -2.22. The third-order valence-corrected chi connectivity index (χ3v) is 4.25. The minimum Gasteiger partial charge on any atom is -0.507 e. The molecule has 1 aliphatic rings. The summed E-state index contributed by atoms with van der Waals surface area (Å²) < 4.78 is 5.72. The molecule has 1 aliphatic carbocycles. The van der Waals surface area contributed by atoms with E-state index in [1.165, 1.54) is 0 Å². The van der Waals surface area contributed by atoms with Gasteiger partial charge in [0.25, 0.3) is 0 Å². The smallest absolute Gasteiger partial charge is 0.201 e. The minimum absolute atomic E-state index is 0. The van der Waals surface area contributed by atoms with Crippen molar-refractivity contribution in [1.82, 2.24) is 4.90 Å². The molecule has 8 heteroatoms. The number of halogens is 2. The van der Waals surface area contributed by atoms with Crippen LogP contribution in [0.2, 0.25) is 0 Å². The van der Waals surface area contributed by atoms with Gasteiger partial charge < -0.3 is 20.5 Å². The van der Waals surface area contributed by atoms with Gasteiger partial charge in [-0.3, -0.25) is 9.59 Å². The highest BCUT2D eigenvalue weighted by Gasteiger charge is 2.35. The number of ether oxygens (including phenoxy) is 1. The second kappa shape index (κ2) is 9.19. The maximum atomic E-state index is 13.0. The van der Waals surface area contributed by atoms with Crippen molar-refractivity contribution in [3.63, 3.8) is 0 Å². The predicted octanol–water partition coefficient (Wildman–Crippen LogP) is 2.41. The number of hydrogen-bond acceptors (Lipinski definition) is 6. The monoisotopic (exact) mass is 412 g/mol. The molecular formula is C19H22Cl2N2O4. The van der Waals surface area contributed by atoms with Crippen molar-refractivity contribution in [2.24, 2.45) is 5.73 Å². The predicted molar refractivity (Wildman–Crippen MR) is 108 cm³/mol. The molecule has 0 radical (unpaired) electrons. The highest BCUT2D eigenvalue weighted by atomic mass is 35.5. The summed E-state index contributed by atoms with van der Waals surface area (Å²) in [6.07, 6.45) is 0. The zero-order chi connectivity index (χ0) is 18.1. The number of rotatable bonds is 5. The molecule has 3 rings (SSSR count). The first kappa shape index (κ1) is 22.9. The summed E-state index contributed by atoms with van der Waals surface area (Å²) in [4.78, 5) is 27.8. The van der Waals surface area contributed by atoms with Gasteiger partial charge in [0.2, 0.25) is 5.78 Å². The molecule has 0 fully saturated rings. The number of ketones is 2. The van der Waals surface area contributed by atoms with Crippen LogP contribution in [0.5, 0.6) is 11.5 Å². The standard InChI is InChI=1S/C19H20N2O4.2ClH/c1-21(2)8-9-25-14-5-3-4-12-15(14)19(24)16-13(18(12)23)7-6-11(10-20)17(16)22;;/h3-7,22H,8-10,20H2,1-2H3;2*1H. The summed E-state index contributed by atoms with van der Waals surface area (Å²) in [6.45, 7) is 1.13. The summed E-state index contributed by atoms with van der Waals surface area (Å²) in [7, 11) is 3.84. The van der Waals surface area contributed by atoms with Crippen LogP contribution in [0.4, 0.5) is 0 Å². The number of benzene rings is 2. The van der Waals surface area contributed by atoms with Gasteiger partial charge in [-0.25, -0.2) is 0 Å². The van der Waals surface area contributed by atoms with E-state index in [2.05, 4.69) is 0 Å². The molecule has 0 spiro atoms. The maximum absolute atomic E-state index is 13.0. The number of aromatic hydroxyl groups is 1. The van der Waals surface area contributed by atoms with E-state index >= 15 is 0 Å². The Bertz CT molecular complexity index is 869. The number of hydrogen-bond donors (Lipinski definition) is 2. The molecule has 2 aromatic rings. The van der Waals surface area contributed by atoms with Gasteiger partial charge in [0.15, 0.2) is 5.78 Å². The van der Waals surface area contributed by atoms with Crippen LogP contribution in [0.3, 0.4) is 0 Å². The molecule has 0 aliphatic heterocycles. The second-order valence-electron chi connectivity index (χ2n) is 6.19. The number of fused-ring (bicyclic) bond motifs is 2. The van der Waals surface area contributed by atoms with Crippen molar-refractivity contribution in [2.75, 3.05) is 27.2 Å². The quantitative estimate of drug-likeness (QED) is 0.668. The average Bonchev–Trinajstić information content (AvgIpc) is 2.59. The number of nitrogens with two attached hydrogens (primary N) is 1. The Labute approximate surface area is 170 Å². The highest BCUT2D eigenvalue weighted by Crippen LogP contribution is 2.38. The van der Waals surface area contributed by atoms with E-state index in [1.54, 1.807) is 30.3 Å². The molecule has 0 bridgehead atoms. The first-order valence-corrected chi connectivity index (χ1v) is 8.00. The van der Waals surface area contributed by atoms with Gasteiger partial charge in [-0.2, -0.15) is 0 Å². The molecule has 3 N–H and O–H groups in total. The Morgan fingerprint density at radius 3 is 2.30 bits per heavy atom. The summed E-state index contributed by atoms with van der Waals surface area (Å²) in [5, 5.41) is 10.4. The number of nitrogens with zero attached hydrogens (tertiary/aromatic N) is 1. The fraction of sp³-hybridized carbons (Fsp3) is 0.263. The van der Waals surface area contributed by atoms with Crippen LogP contribution in [-0.2, 0) is 6.54 Å². The first-order valence-electron chi connectivity index (χ1n) is 8.00. The number of phenols is 1. The van der Waals surface area contributed by atoms with E-state index in [1.807, 2.05) is 19.0 Å². The molecule has 2 aromatic carbocycles. The molecule has 0 heterocycles. The lowest BCUT2D eigenvalue weighted by Crippen LogP contribution is -2.24. The van der Waals surface area contributed by atoms with Crippen molar-refractivity contribution >= 4 is 36.4 Å². The van der Waals surface area contributed by atoms with E-state index < -0.39 is 5.78 Å². The molecule has 0 saturated heterocycles. The average molecular weight is 413 g/mol. The van der Waals surface area contributed by atoms with Crippen LogP contribution >= 0.6 is 24.8 Å². The van der Waals surface area contributed by atoms with Crippen LogP contribution in [0, 0.1) is 0 Å². The first-order chi connectivity index (χ1) is 12.0. The Balaban J connectivity index is 0.00000182. The molecule has 0 unspecified atom stereocenters. The zero-order valence-corrected chi connectivity index (χ0v) is 16.7. The topological polar surface area (TPSA) is 92.9 Å². The molecule has 0 aromatic heterocycles. The van der Waals surface area contributed by atoms with E-state index in [-0.39, 0.29) is 59.6 Å². The highest BCUT2D eigenvalue weighted by molar-refractivity contribution is 6.30. The van der Waals surface area contributed by atoms with Crippen LogP contribution in [0.15, 0.2) is 30.3 Å². The van der Waals surface area contributed by atoms with Crippen LogP contribution in [0.25, 0.3) is 0 Å². The third kappa shape index (κ3) is 4.09. The van der Waals surface area contributed by atoms with Gasteiger partial charge in [-0.1, -0.05) is 18.2 Å². The van der Waals surface area contributed by atoms with Crippen molar-refractivity contribution in [3.8, 4) is 11.5 Å². The van der Waals surface area contributed by atoms with Gasteiger partial charge in [0.05, 0.1) is 11.1 Å². The lowest BCUT2D eigenvalue weighted by atomic mass is 9.82. The number of likely N-dealkylation sites (N-methyl/N-ethyl adjacent to an activating group) is 1. The minimum atomic E-state index is -0.419. The van der Waals surface area contributed by atoms with Crippen molar-refractivity contribution in [3.05, 3.63) is 58.1 Å². The number of carbonyl (C=O) groups is 2. The Morgan fingerprint density at radius 2 is 1.67 bits per heavy atom. The SMILES string of the molecule is CN(C)CCOc1cccc2c1C(=O)c1c(ccc(CN)c1O)C2=O.Cl.Cl. The number of phenolic OH excluding ortho intramolecular Hbond substituents is 1. The van der Waals surface area contributed by atoms with Crippen molar-refractivity contribution in [2.45, 2.75) is 6.54 Å². The molecule has 146 valence electrons. The molecule has 0 saturated carbocycles. The number of carbonyl (C=O) groups excluding carboxylic acids is 2. The molecule has 6 nitrogen and oxygen atoms in total. The van der Waals surface area contributed by atoms with Gasteiger partial charge in [0.1, 0.15) is 18.1 Å². The summed E-state index contributed by atoms with van der Waals surface area (Å²) in [5.41, 5.74) is 6.71. The fourth-order valence-electron chi connectivity index (χ4n) is 2.90. The van der Waals surface area contributed by atoms with Crippen molar-refractivity contribution < 1.29 is 19.4 Å². The normalized spacial score (nSPS) is 12.0. The van der Waals surface area contributed by atoms with Crippen LogP contribution in [-0.4, -0.2) is 48.8 Å². The molecule has 27 heavy (non-hydrogen) atoms. The van der Waals surface area contributed by atoms with Gasteiger partial charge >= 0.3 is 0 Å². The maximum Gasteiger partial charge on any atom is 0.201 e. The van der Waals surface area contributed by atoms with E-state index in [0.717, 1.165) is 0 Å². The molecular weight excluding hydrogens is 391 g/mol. The fourth-order valence-corrected chi connectivity index (χ4v) is 2.90. The third-order valence-electron chi connectivity index (χ3n) is 4.25. The molecule has 0 amide bonds. The summed E-state index contributed by atoms with van der Waals surface area (Å²) in [6, 6.07) is 8.07. The Hall–Kier alpha value is -2.12. The van der Waals surface area contributed by atoms with Crippen molar-refractivity contribution in [1.29, 1.82) is 0 Å². The zero-order valence-electron chi connectivity index (χ0n) is 15.0. The summed E-state index contributed by atoms with van der Waals surface area (Å²) >= 11 is 0. The van der Waals surface area contributed by atoms with E-state index in [0.29, 0.717) is 30.0 Å². The van der Waals surface area contributed by atoms with Crippen LogP contribution < -0.4 is 10.5 Å². The Kier molecular flexibility index (Phi) is 7.80. The second-order valence-corrected chi connectivity index (χ2v) is 6.19. The summed E-state index contributed by atoms with van der Waals surface area (Å²) in [5.74, 6) is -0.604. The Morgan fingerprint density at radius 1 is 1.00 bits per heavy atom.